The van der Waals surface area contributed by atoms with Crippen LogP contribution in [0.3, 0.4) is 0 Å². The maximum atomic E-state index is 12.4. The molecule has 2 atom stereocenters. The molecular weight excluding hydrogens is 373 g/mol. The van der Waals surface area contributed by atoms with Crippen molar-refractivity contribution in [3.63, 3.8) is 0 Å². The highest BCUT2D eigenvalue weighted by atomic mass is 32.2. The van der Waals surface area contributed by atoms with Crippen LogP contribution in [0.4, 0.5) is 13.2 Å². The summed E-state index contributed by atoms with van der Waals surface area (Å²) in [4.78, 5) is 36.5. The molecule has 0 aromatic heterocycles. The SMILES string of the molecule is CC(Sc1ccccc1C(=O)NC1CCN(CC(F)(F)F)C1=O)C(=O)O. The molecule has 0 spiro atoms. The van der Waals surface area contributed by atoms with Crippen molar-refractivity contribution in [2.75, 3.05) is 13.1 Å². The summed E-state index contributed by atoms with van der Waals surface area (Å²) in [6, 6.07) is 5.24. The number of carboxylic acids is 1. The number of carboxylic acid groups (broad SMARTS) is 1. The van der Waals surface area contributed by atoms with Gasteiger partial charge in [0.15, 0.2) is 0 Å². The summed E-state index contributed by atoms with van der Waals surface area (Å²) in [7, 11) is 0. The molecule has 6 nitrogen and oxygen atoms in total. The number of benzene rings is 1. The molecule has 2 unspecified atom stereocenters. The van der Waals surface area contributed by atoms with Gasteiger partial charge in [0.2, 0.25) is 5.91 Å². The lowest BCUT2D eigenvalue weighted by Crippen LogP contribution is -2.43. The molecular formula is C16H17F3N2O4S. The normalized spacial score (nSPS) is 18.7. The number of nitrogens with zero attached hydrogens (tertiary/aromatic N) is 1. The van der Waals surface area contributed by atoms with Crippen LogP contribution in [0.1, 0.15) is 23.7 Å². The van der Waals surface area contributed by atoms with Crippen molar-refractivity contribution in [2.45, 2.75) is 35.7 Å². The van der Waals surface area contributed by atoms with Gasteiger partial charge in [0.05, 0.1) is 5.56 Å². The number of hydrogen-bond acceptors (Lipinski definition) is 4. The Balaban J connectivity index is 2.07. The molecule has 2 amide bonds. The zero-order chi connectivity index (χ0) is 19.5. The topological polar surface area (TPSA) is 86.7 Å². The van der Waals surface area contributed by atoms with E-state index in [0.717, 1.165) is 11.8 Å². The molecule has 1 aliphatic rings. The van der Waals surface area contributed by atoms with Crippen LogP contribution in [0.15, 0.2) is 29.2 Å². The third-order valence-electron chi connectivity index (χ3n) is 3.76. The van der Waals surface area contributed by atoms with Crippen LogP contribution in [0.25, 0.3) is 0 Å². The second-order valence-electron chi connectivity index (χ2n) is 5.78. The van der Waals surface area contributed by atoms with E-state index in [4.69, 9.17) is 5.11 Å². The minimum absolute atomic E-state index is 0.0848. The maximum absolute atomic E-state index is 12.4. The summed E-state index contributed by atoms with van der Waals surface area (Å²) in [5.41, 5.74) is 0.174. The fraction of sp³-hybridized carbons (Fsp3) is 0.438. The molecule has 1 heterocycles. The Bertz CT molecular complexity index is 711. The zero-order valence-electron chi connectivity index (χ0n) is 13.7. The van der Waals surface area contributed by atoms with Crippen molar-refractivity contribution in [1.29, 1.82) is 0 Å². The molecule has 142 valence electrons. The van der Waals surface area contributed by atoms with Gasteiger partial charge >= 0.3 is 12.1 Å². The maximum Gasteiger partial charge on any atom is 0.406 e. The monoisotopic (exact) mass is 390 g/mol. The van der Waals surface area contributed by atoms with Crippen molar-refractivity contribution in [3.05, 3.63) is 29.8 Å². The predicted molar refractivity (Wildman–Crippen MR) is 87.9 cm³/mol. The Kier molecular flexibility index (Phi) is 6.17. The second kappa shape index (κ2) is 7.98. The molecule has 26 heavy (non-hydrogen) atoms. The van der Waals surface area contributed by atoms with Gasteiger partial charge in [0, 0.05) is 11.4 Å². The number of rotatable bonds is 6. The van der Waals surface area contributed by atoms with E-state index >= 15 is 0 Å². The van der Waals surface area contributed by atoms with Crippen molar-refractivity contribution in [3.8, 4) is 0 Å². The van der Waals surface area contributed by atoms with Gasteiger partial charge in [-0.25, -0.2) is 0 Å². The predicted octanol–water partition coefficient (Wildman–Crippen LogP) is 2.14. The summed E-state index contributed by atoms with van der Waals surface area (Å²) in [5, 5.41) is 10.6. The van der Waals surface area contributed by atoms with E-state index in [1.54, 1.807) is 18.2 Å². The quantitative estimate of drug-likeness (QED) is 0.727. The number of halogens is 3. The number of likely N-dealkylation sites (tertiary alicyclic amines) is 1. The molecule has 0 radical (unpaired) electrons. The Hall–Kier alpha value is -2.23. The van der Waals surface area contributed by atoms with Crippen LogP contribution in [-0.2, 0) is 9.59 Å². The van der Waals surface area contributed by atoms with E-state index in [1.165, 1.54) is 13.0 Å². The molecule has 1 aromatic carbocycles. The molecule has 1 saturated heterocycles. The number of aliphatic carboxylic acids is 1. The van der Waals surface area contributed by atoms with Gasteiger partial charge in [0.25, 0.3) is 5.91 Å². The average molecular weight is 390 g/mol. The van der Waals surface area contributed by atoms with E-state index in [9.17, 15) is 27.6 Å². The zero-order valence-corrected chi connectivity index (χ0v) is 14.6. The third kappa shape index (κ3) is 5.13. The van der Waals surface area contributed by atoms with Gasteiger partial charge in [0.1, 0.15) is 17.8 Å². The molecule has 2 rings (SSSR count). The smallest absolute Gasteiger partial charge is 0.406 e. The third-order valence-corrected chi connectivity index (χ3v) is 4.92. The van der Waals surface area contributed by atoms with Gasteiger partial charge in [-0.15, -0.1) is 11.8 Å². The number of carbonyl (C=O) groups is 3. The Morgan fingerprint density at radius 3 is 2.65 bits per heavy atom. The fourth-order valence-corrected chi connectivity index (χ4v) is 3.41. The summed E-state index contributed by atoms with van der Waals surface area (Å²) in [5.74, 6) is -2.45. The second-order valence-corrected chi connectivity index (χ2v) is 7.17. The van der Waals surface area contributed by atoms with Gasteiger partial charge in [-0.1, -0.05) is 12.1 Å². The van der Waals surface area contributed by atoms with Crippen LogP contribution >= 0.6 is 11.8 Å². The number of carbonyl (C=O) groups excluding carboxylic acids is 2. The molecule has 0 bridgehead atoms. The molecule has 1 fully saturated rings. The van der Waals surface area contributed by atoms with Crippen LogP contribution in [0.2, 0.25) is 0 Å². The largest absolute Gasteiger partial charge is 0.480 e. The van der Waals surface area contributed by atoms with Crippen molar-refractivity contribution < 1.29 is 32.7 Å². The van der Waals surface area contributed by atoms with Crippen molar-refractivity contribution in [1.82, 2.24) is 10.2 Å². The van der Waals surface area contributed by atoms with Gasteiger partial charge in [-0.2, -0.15) is 13.2 Å². The number of nitrogens with one attached hydrogen (secondary N) is 1. The first kappa shape index (κ1) is 20.1. The Morgan fingerprint density at radius 2 is 2.04 bits per heavy atom. The van der Waals surface area contributed by atoms with Crippen molar-refractivity contribution >= 4 is 29.5 Å². The van der Waals surface area contributed by atoms with Crippen LogP contribution < -0.4 is 5.32 Å². The van der Waals surface area contributed by atoms with E-state index in [-0.39, 0.29) is 18.5 Å². The number of thioether (sulfide) groups is 1. The average Bonchev–Trinajstić information content (AvgIpc) is 2.86. The minimum Gasteiger partial charge on any atom is -0.480 e. The van der Waals surface area contributed by atoms with Crippen molar-refractivity contribution in [2.24, 2.45) is 0 Å². The highest BCUT2D eigenvalue weighted by Gasteiger charge is 2.40. The minimum atomic E-state index is -4.50. The van der Waals surface area contributed by atoms with Gasteiger partial charge in [-0.05, 0) is 25.5 Å². The van der Waals surface area contributed by atoms with E-state index in [2.05, 4.69) is 5.32 Å². The Labute approximate surface area is 151 Å². The van der Waals surface area contributed by atoms with E-state index in [1.807, 2.05) is 0 Å². The van der Waals surface area contributed by atoms with Crippen LogP contribution in [-0.4, -0.2) is 58.3 Å². The lowest BCUT2D eigenvalue weighted by molar-refractivity contribution is -0.157. The molecule has 1 aliphatic heterocycles. The molecule has 2 N–H and O–H groups in total. The van der Waals surface area contributed by atoms with Gasteiger partial charge < -0.3 is 15.3 Å². The molecule has 1 aromatic rings. The standard InChI is InChI=1S/C16H17F3N2O4S/c1-9(15(24)25)26-12-5-3-2-4-10(12)13(22)20-11-6-7-21(14(11)23)8-16(17,18)19/h2-5,9,11H,6-8H2,1H3,(H,20,22)(H,24,25). The van der Waals surface area contributed by atoms with Gasteiger partial charge in [-0.3, -0.25) is 14.4 Å². The molecule has 0 saturated carbocycles. The number of amides is 2. The summed E-state index contributed by atoms with van der Waals surface area (Å²) in [6.45, 7) is 0.0354. The molecule has 0 aliphatic carbocycles. The lowest BCUT2D eigenvalue weighted by Gasteiger charge is -2.19. The lowest BCUT2D eigenvalue weighted by atomic mass is 10.2. The molecule has 10 heteroatoms. The first-order valence-corrected chi connectivity index (χ1v) is 8.61. The van der Waals surface area contributed by atoms with E-state index in [0.29, 0.717) is 9.80 Å². The highest BCUT2D eigenvalue weighted by Crippen LogP contribution is 2.27. The fourth-order valence-electron chi connectivity index (χ4n) is 2.48. The summed E-state index contributed by atoms with van der Waals surface area (Å²) >= 11 is 0.969. The van der Waals surface area contributed by atoms with Crippen LogP contribution in [0, 0.1) is 0 Å². The first-order chi connectivity index (χ1) is 12.1. The number of hydrogen-bond donors (Lipinski definition) is 2. The van der Waals surface area contributed by atoms with Crippen LogP contribution in [0.5, 0.6) is 0 Å². The van der Waals surface area contributed by atoms with E-state index < -0.39 is 41.8 Å². The first-order valence-electron chi connectivity index (χ1n) is 7.73. The Morgan fingerprint density at radius 1 is 1.38 bits per heavy atom. The summed E-state index contributed by atoms with van der Waals surface area (Å²) < 4.78 is 37.3. The number of alkyl halides is 3. The summed E-state index contributed by atoms with van der Waals surface area (Å²) in [6.07, 6.45) is -4.41. The highest BCUT2D eigenvalue weighted by molar-refractivity contribution is 8.00.